The summed E-state index contributed by atoms with van der Waals surface area (Å²) in [5.74, 6) is -3.14. The molecular weight excluding hydrogens is 210 g/mol. The van der Waals surface area contributed by atoms with E-state index in [-0.39, 0.29) is 19.3 Å². The van der Waals surface area contributed by atoms with Gasteiger partial charge in [-0.05, 0) is 18.4 Å². The molecule has 1 saturated carbocycles. The summed E-state index contributed by atoms with van der Waals surface area (Å²) in [6.45, 7) is 0. The highest BCUT2D eigenvalue weighted by Crippen LogP contribution is 2.35. The first kappa shape index (κ1) is 11.5. The molecule has 0 spiro atoms. The highest BCUT2D eigenvalue weighted by atomic mass is 19.3. The quantitative estimate of drug-likeness (QED) is 0.423. The van der Waals surface area contributed by atoms with Crippen LogP contribution in [0.2, 0.25) is 0 Å². The number of nitrogens with one attached hydrogen (secondary N) is 1. The van der Waals surface area contributed by atoms with Crippen molar-refractivity contribution in [2.75, 3.05) is 0 Å². The number of carboxylic acid groups (broad SMARTS) is 1. The van der Waals surface area contributed by atoms with E-state index in [0.29, 0.717) is 0 Å². The zero-order chi connectivity index (χ0) is 11.5. The fourth-order valence-electron chi connectivity index (χ4n) is 1.69. The van der Waals surface area contributed by atoms with E-state index in [9.17, 15) is 13.6 Å². The largest absolute Gasteiger partial charge is 0.465 e. The molecule has 0 aromatic rings. The molecule has 84 valence electrons. The van der Waals surface area contributed by atoms with Crippen molar-refractivity contribution >= 4 is 6.09 Å². The van der Waals surface area contributed by atoms with Gasteiger partial charge in [-0.2, -0.15) is 0 Å². The molecule has 6 nitrogen and oxygen atoms in total. The van der Waals surface area contributed by atoms with E-state index in [0.717, 1.165) is 0 Å². The molecule has 0 aromatic carbocycles. The van der Waals surface area contributed by atoms with E-state index in [1.54, 1.807) is 0 Å². The SMILES string of the molecule is [N-]=[N+]=N[C@@H]1[C@H](NC(=O)O)CCCC1(F)F. The molecule has 2 atom stereocenters. The Bertz CT molecular complexity index is 303. The minimum absolute atomic E-state index is 0.204. The molecule has 1 rings (SSSR count). The van der Waals surface area contributed by atoms with Crippen LogP contribution in [0.1, 0.15) is 19.3 Å². The zero-order valence-electron chi connectivity index (χ0n) is 7.73. The molecule has 1 amide bonds. The first-order chi connectivity index (χ1) is 6.97. The van der Waals surface area contributed by atoms with Gasteiger partial charge in [0.2, 0.25) is 0 Å². The smallest absolute Gasteiger partial charge is 0.404 e. The Balaban J connectivity index is 2.84. The number of nitrogens with zero attached hydrogens (tertiary/aromatic N) is 3. The Kier molecular flexibility index (Phi) is 3.31. The van der Waals surface area contributed by atoms with E-state index in [1.807, 2.05) is 5.32 Å². The Labute approximate surface area is 83.9 Å². The summed E-state index contributed by atoms with van der Waals surface area (Å²) >= 11 is 0. The van der Waals surface area contributed by atoms with Crippen LogP contribution in [-0.2, 0) is 0 Å². The molecule has 0 heterocycles. The molecule has 1 aliphatic carbocycles. The van der Waals surface area contributed by atoms with Crippen LogP contribution in [0.25, 0.3) is 10.4 Å². The van der Waals surface area contributed by atoms with E-state index < -0.39 is 24.1 Å². The fraction of sp³-hybridized carbons (Fsp3) is 0.857. The Morgan fingerprint density at radius 1 is 1.67 bits per heavy atom. The molecule has 0 bridgehead atoms. The van der Waals surface area contributed by atoms with Crippen molar-refractivity contribution in [1.29, 1.82) is 0 Å². The van der Waals surface area contributed by atoms with Crippen molar-refractivity contribution in [1.82, 2.24) is 5.32 Å². The average Bonchev–Trinajstić information content (AvgIpc) is 2.10. The minimum Gasteiger partial charge on any atom is -0.465 e. The summed E-state index contributed by atoms with van der Waals surface area (Å²) in [4.78, 5) is 12.7. The lowest BCUT2D eigenvalue weighted by molar-refractivity contribution is -0.0613. The average molecular weight is 220 g/mol. The van der Waals surface area contributed by atoms with Gasteiger partial charge in [-0.15, -0.1) is 0 Å². The number of rotatable bonds is 2. The predicted molar refractivity (Wildman–Crippen MR) is 46.7 cm³/mol. The molecule has 0 unspecified atom stereocenters. The number of hydrogen-bond donors (Lipinski definition) is 2. The summed E-state index contributed by atoms with van der Waals surface area (Å²) in [5.41, 5.74) is 8.15. The summed E-state index contributed by atoms with van der Waals surface area (Å²) in [5, 5.41) is 13.4. The molecular formula is C7H10F2N4O2. The number of hydrogen-bond acceptors (Lipinski definition) is 2. The number of halogens is 2. The molecule has 1 aliphatic rings. The van der Waals surface area contributed by atoms with Crippen molar-refractivity contribution in [3.63, 3.8) is 0 Å². The highest BCUT2D eigenvalue weighted by molar-refractivity contribution is 5.65. The molecule has 1 fully saturated rings. The van der Waals surface area contributed by atoms with Crippen molar-refractivity contribution in [2.24, 2.45) is 5.11 Å². The number of azide groups is 1. The lowest BCUT2D eigenvalue weighted by Gasteiger charge is -2.34. The van der Waals surface area contributed by atoms with Crippen molar-refractivity contribution in [3.05, 3.63) is 10.4 Å². The standard InChI is InChI=1S/C7H10F2N4O2/c8-7(9)3-1-2-4(11-6(14)15)5(7)12-13-10/h4-5,11H,1-3H2,(H,14,15)/t4-,5-/m1/s1. The number of carbonyl (C=O) groups is 1. The second-order valence-corrected chi connectivity index (χ2v) is 3.36. The third kappa shape index (κ3) is 2.69. The van der Waals surface area contributed by atoms with Gasteiger partial charge in [0.15, 0.2) is 0 Å². The molecule has 0 radical (unpaired) electrons. The topological polar surface area (TPSA) is 98.1 Å². The third-order valence-electron chi connectivity index (χ3n) is 2.32. The maximum absolute atomic E-state index is 13.3. The van der Waals surface area contributed by atoms with Crippen LogP contribution in [0.4, 0.5) is 13.6 Å². The first-order valence-electron chi connectivity index (χ1n) is 4.39. The summed E-state index contributed by atoms with van der Waals surface area (Å²) in [6.07, 6.45) is -1.31. The van der Waals surface area contributed by atoms with Crippen molar-refractivity contribution in [2.45, 2.75) is 37.3 Å². The molecule has 8 heteroatoms. The van der Waals surface area contributed by atoms with Crippen molar-refractivity contribution in [3.8, 4) is 0 Å². The van der Waals surface area contributed by atoms with E-state index >= 15 is 0 Å². The Morgan fingerprint density at radius 3 is 2.87 bits per heavy atom. The molecule has 2 N–H and O–H groups in total. The zero-order valence-corrected chi connectivity index (χ0v) is 7.73. The maximum atomic E-state index is 13.3. The van der Waals surface area contributed by atoms with Gasteiger partial charge in [0.25, 0.3) is 5.92 Å². The Morgan fingerprint density at radius 2 is 2.33 bits per heavy atom. The second kappa shape index (κ2) is 4.31. The maximum Gasteiger partial charge on any atom is 0.404 e. The minimum atomic E-state index is -3.14. The normalized spacial score (nSPS) is 28.9. The monoisotopic (exact) mass is 220 g/mol. The van der Waals surface area contributed by atoms with Gasteiger partial charge in [-0.25, -0.2) is 13.6 Å². The summed E-state index contributed by atoms with van der Waals surface area (Å²) < 4.78 is 26.5. The molecule has 0 aliphatic heterocycles. The van der Waals surface area contributed by atoms with Gasteiger partial charge in [-0.1, -0.05) is 5.11 Å². The van der Waals surface area contributed by atoms with Gasteiger partial charge in [-0.3, -0.25) is 0 Å². The van der Waals surface area contributed by atoms with E-state index in [4.69, 9.17) is 10.6 Å². The van der Waals surface area contributed by atoms with Gasteiger partial charge in [0, 0.05) is 17.4 Å². The molecule has 15 heavy (non-hydrogen) atoms. The summed E-state index contributed by atoms with van der Waals surface area (Å²) in [7, 11) is 0. The third-order valence-corrected chi connectivity index (χ3v) is 2.32. The van der Waals surface area contributed by atoms with Crippen LogP contribution in [0.3, 0.4) is 0 Å². The van der Waals surface area contributed by atoms with E-state index in [1.165, 1.54) is 0 Å². The fourth-order valence-corrected chi connectivity index (χ4v) is 1.69. The van der Waals surface area contributed by atoms with Crippen molar-refractivity contribution < 1.29 is 18.7 Å². The van der Waals surface area contributed by atoms with Crippen LogP contribution >= 0.6 is 0 Å². The Hall–Kier alpha value is -1.56. The van der Waals surface area contributed by atoms with Gasteiger partial charge in [0.05, 0.1) is 0 Å². The van der Waals surface area contributed by atoms with Crippen LogP contribution in [0, 0.1) is 0 Å². The number of amides is 1. The lowest BCUT2D eigenvalue weighted by atomic mass is 9.87. The van der Waals surface area contributed by atoms with Crippen LogP contribution < -0.4 is 5.32 Å². The van der Waals surface area contributed by atoms with Gasteiger partial charge >= 0.3 is 6.09 Å². The van der Waals surface area contributed by atoms with Gasteiger partial charge in [0.1, 0.15) is 6.04 Å². The van der Waals surface area contributed by atoms with Gasteiger partial charge < -0.3 is 10.4 Å². The van der Waals surface area contributed by atoms with E-state index in [2.05, 4.69) is 10.0 Å². The second-order valence-electron chi connectivity index (χ2n) is 3.36. The van der Waals surface area contributed by atoms with Crippen LogP contribution in [0.5, 0.6) is 0 Å². The highest BCUT2D eigenvalue weighted by Gasteiger charge is 2.47. The lowest BCUT2D eigenvalue weighted by Crippen LogP contribution is -2.52. The first-order valence-corrected chi connectivity index (χ1v) is 4.39. The number of alkyl halides is 2. The van der Waals surface area contributed by atoms with Crippen LogP contribution in [0.15, 0.2) is 5.11 Å². The summed E-state index contributed by atoms with van der Waals surface area (Å²) in [6, 6.07) is -2.64. The predicted octanol–water partition coefficient (Wildman–Crippen LogP) is 2.12. The molecule has 0 aromatic heterocycles. The molecule has 0 saturated heterocycles. The van der Waals surface area contributed by atoms with Crippen LogP contribution in [-0.4, -0.2) is 29.2 Å².